The molecule has 1 amide bonds. The van der Waals surface area contributed by atoms with Crippen molar-refractivity contribution in [3.05, 3.63) is 41.0 Å². The molecule has 0 aliphatic heterocycles. The van der Waals surface area contributed by atoms with Crippen LogP contribution in [0.2, 0.25) is 0 Å². The number of H-pyrrole nitrogens is 1. The third-order valence-electron chi connectivity index (χ3n) is 2.88. The summed E-state index contributed by atoms with van der Waals surface area (Å²) >= 11 is 0. The molecule has 0 radical (unpaired) electrons. The van der Waals surface area contributed by atoms with Gasteiger partial charge in [-0.05, 0) is 19.4 Å². The average molecular weight is 259 g/mol. The Hall–Kier alpha value is -2.24. The zero-order chi connectivity index (χ0) is 13.8. The van der Waals surface area contributed by atoms with Crippen LogP contribution in [-0.4, -0.2) is 38.2 Å². The predicted octanol–water partition coefficient (Wildman–Crippen LogP) is 1.34. The quantitative estimate of drug-likeness (QED) is 0.899. The lowest BCUT2D eigenvalue weighted by atomic mass is 10.1. The number of hydrogen-bond donors (Lipinski definition) is 1. The van der Waals surface area contributed by atoms with Crippen LogP contribution in [0.3, 0.4) is 0 Å². The van der Waals surface area contributed by atoms with E-state index >= 15 is 0 Å². The third kappa shape index (κ3) is 2.96. The van der Waals surface area contributed by atoms with Gasteiger partial charge in [-0.1, -0.05) is 6.92 Å². The number of hydrogen-bond acceptors (Lipinski definition) is 4. The molecule has 2 aromatic rings. The van der Waals surface area contributed by atoms with E-state index in [0.717, 1.165) is 17.0 Å². The van der Waals surface area contributed by atoms with Crippen molar-refractivity contribution in [1.29, 1.82) is 0 Å². The minimum Gasteiger partial charge on any atom is -0.337 e. The minimum atomic E-state index is -0.0453. The zero-order valence-corrected chi connectivity index (χ0v) is 11.3. The second-order valence-corrected chi connectivity index (χ2v) is 4.47. The van der Waals surface area contributed by atoms with Crippen LogP contribution in [0.5, 0.6) is 0 Å². The summed E-state index contributed by atoms with van der Waals surface area (Å²) in [5, 5.41) is 14.7. The Balaban J connectivity index is 2.21. The van der Waals surface area contributed by atoms with Crippen LogP contribution in [0.15, 0.2) is 18.5 Å². The Bertz CT molecular complexity index is 564. The molecule has 2 aromatic heterocycles. The number of rotatable bonds is 4. The maximum atomic E-state index is 12.4. The van der Waals surface area contributed by atoms with Crippen LogP contribution in [0, 0.1) is 6.92 Å². The van der Waals surface area contributed by atoms with Crippen LogP contribution in [-0.2, 0) is 13.0 Å². The van der Waals surface area contributed by atoms with E-state index in [2.05, 4.69) is 20.4 Å². The molecule has 0 aliphatic carbocycles. The Kier molecular flexibility index (Phi) is 3.89. The fourth-order valence-electron chi connectivity index (χ4n) is 1.88. The van der Waals surface area contributed by atoms with Gasteiger partial charge in [0.1, 0.15) is 0 Å². The van der Waals surface area contributed by atoms with E-state index < -0.39 is 0 Å². The van der Waals surface area contributed by atoms with Gasteiger partial charge < -0.3 is 4.90 Å². The number of amides is 1. The first kappa shape index (κ1) is 13.2. The number of carbonyl (C=O) groups is 1. The van der Waals surface area contributed by atoms with Gasteiger partial charge in [0.25, 0.3) is 5.91 Å². The number of carbonyl (C=O) groups excluding carboxylic acids is 1. The molecule has 2 rings (SSSR count). The van der Waals surface area contributed by atoms with Crippen molar-refractivity contribution in [2.45, 2.75) is 26.8 Å². The molecule has 0 bridgehead atoms. The van der Waals surface area contributed by atoms with Gasteiger partial charge in [-0.15, -0.1) is 0 Å². The number of aromatic nitrogens is 4. The van der Waals surface area contributed by atoms with Crippen molar-refractivity contribution in [2.24, 2.45) is 0 Å². The summed E-state index contributed by atoms with van der Waals surface area (Å²) < 4.78 is 0. The first-order valence-corrected chi connectivity index (χ1v) is 6.18. The standard InChI is InChI=1S/C13H17N5O/c1-4-12-11(5-9(2)16-17-12)13(19)18(3)8-10-6-14-15-7-10/h5-7H,4,8H2,1-3H3,(H,14,15). The Morgan fingerprint density at radius 1 is 1.42 bits per heavy atom. The molecule has 0 aliphatic rings. The highest BCUT2D eigenvalue weighted by Crippen LogP contribution is 2.12. The van der Waals surface area contributed by atoms with Gasteiger partial charge in [0.15, 0.2) is 0 Å². The summed E-state index contributed by atoms with van der Waals surface area (Å²) in [4.78, 5) is 14.1. The molecule has 2 heterocycles. The van der Waals surface area contributed by atoms with Crippen molar-refractivity contribution in [3.63, 3.8) is 0 Å². The molecule has 0 saturated carbocycles. The van der Waals surface area contributed by atoms with Gasteiger partial charge in [-0.25, -0.2) is 0 Å². The fourth-order valence-corrected chi connectivity index (χ4v) is 1.88. The van der Waals surface area contributed by atoms with E-state index in [1.165, 1.54) is 0 Å². The second-order valence-electron chi connectivity index (χ2n) is 4.47. The van der Waals surface area contributed by atoms with E-state index in [1.54, 1.807) is 30.4 Å². The highest BCUT2D eigenvalue weighted by Gasteiger charge is 2.17. The number of nitrogens with one attached hydrogen (secondary N) is 1. The Morgan fingerprint density at radius 2 is 2.21 bits per heavy atom. The lowest BCUT2D eigenvalue weighted by Crippen LogP contribution is -2.27. The fraction of sp³-hybridized carbons (Fsp3) is 0.385. The predicted molar refractivity (Wildman–Crippen MR) is 70.5 cm³/mol. The first-order chi connectivity index (χ1) is 9.11. The lowest BCUT2D eigenvalue weighted by molar-refractivity contribution is 0.0783. The molecule has 0 spiro atoms. The third-order valence-corrected chi connectivity index (χ3v) is 2.88. The van der Waals surface area contributed by atoms with Crippen LogP contribution in [0.4, 0.5) is 0 Å². The molecule has 19 heavy (non-hydrogen) atoms. The van der Waals surface area contributed by atoms with Gasteiger partial charge >= 0.3 is 0 Å². The van der Waals surface area contributed by atoms with Crippen LogP contribution in [0.25, 0.3) is 0 Å². The van der Waals surface area contributed by atoms with Crippen molar-refractivity contribution in [1.82, 2.24) is 25.3 Å². The van der Waals surface area contributed by atoms with E-state index in [9.17, 15) is 4.79 Å². The summed E-state index contributed by atoms with van der Waals surface area (Å²) in [7, 11) is 1.77. The van der Waals surface area contributed by atoms with Gasteiger partial charge in [-0.2, -0.15) is 15.3 Å². The zero-order valence-electron chi connectivity index (χ0n) is 11.3. The minimum absolute atomic E-state index is 0.0453. The van der Waals surface area contributed by atoms with Crippen molar-refractivity contribution >= 4 is 5.91 Å². The van der Waals surface area contributed by atoms with Gasteiger partial charge in [0.2, 0.25) is 0 Å². The Morgan fingerprint density at radius 3 is 2.84 bits per heavy atom. The van der Waals surface area contributed by atoms with Crippen molar-refractivity contribution < 1.29 is 4.79 Å². The molecule has 0 saturated heterocycles. The normalized spacial score (nSPS) is 10.5. The molecule has 6 heteroatoms. The van der Waals surface area contributed by atoms with Crippen molar-refractivity contribution in [2.75, 3.05) is 7.05 Å². The van der Waals surface area contributed by atoms with Crippen LogP contribution < -0.4 is 0 Å². The molecule has 100 valence electrons. The Labute approximate surface area is 111 Å². The largest absolute Gasteiger partial charge is 0.337 e. The van der Waals surface area contributed by atoms with Gasteiger partial charge in [-0.3, -0.25) is 9.89 Å². The highest BCUT2D eigenvalue weighted by molar-refractivity contribution is 5.95. The average Bonchev–Trinajstić information content (AvgIpc) is 2.90. The van der Waals surface area contributed by atoms with Gasteiger partial charge in [0.05, 0.1) is 23.1 Å². The molecule has 0 fully saturated rings. The summed E-state index contributed by atoms with van der Waals surface area (Å²) in [6.45, 7) is 4.31. The maximum absolute atomic E-state index is 12.4. The van der Waals surface area contributed by atoms with Gasteiger partial charge in [0, 0.05) is 25.4 Å². The SMILES string of the molecule is CCc1nnc(C)cc1C(=O)N(C)Cc1cn[nH]c1. The summed E-state index contributed by atoms with van der Waals surface area (Å²) in [5.74, 6) is -0.0453. The molecule has 0 atom stereocenters. The number of nitrogens with zero attached hydrogens (tertiary/aromatic N) is 4. The molecule has 1 N–H and O–H groups in total. The highest BCUT2D eigenvalue weighted by atomic mass is 16.2. The van der Waals surface area contributed by atoms with E-state index in [-0.39, 0.29) is 5.91 Å². The number of aryl methyl sites for hydroxylation is 2. The van der Waals surface area contributed by atoms with E-state index in [0.29, 0.717) is 18.5 Å². The monoisotopic (exact) mass is 259 g/mol. The summed E-state index contributed by atoms with van der Waals surface area (Å²) in [5.41, 5.74) is 3.07. The maximum Gasteiger partial charge on any atom is 0.255 e. The van der Waals surface area contributed by atoms with E-state index in [4.69, 9.17) is 0 Å². The molecular weight excluding hydrogens is 242 g/mol. The molecular formula is C13H17N5O. The molecule has 6 nitrogen and oxygen atoms in total. The smallest absolute Gasteiger partial charge is 0.255 e. The first-order valence-electron chi connectivity index (χ1n) is 6.18. The van der Waals surface area contributed by atoms with E-state index in [1.807, 2.05) is 13.8 Å². The lowest BCUT2D eigenvalue weighted by Gasteiger charge is -2.17. The van der Waals surface area contributed by atoms with Crippen molar-refractivity contribution in [3.8, 4) is 0 Å². The second kappa shape index (κ2) is 5.60. The summed E-state index contributed by atoms with van der Waals surface area (Å²) in [6.07, 6.45) is 4.18. The summed E-state index contributed by atoms with van der Waals surface area (Å²) in [6, 6.07) is 1.79. The van der Waals surface area contributed by atoms with Crippen LogP contribution in [0.1, 0.15) is 34.2 Å². The molecule has 0 unspecified atom stereocenters. The molecule has 0 aromatic carbocycles. The number of aromatic amines is 1. The van der Waals surface area contributed by atoms with Crippen LogP contribution >= 0.6 is 0 Å². The topological polar surface area (TPSA) is 74.8 Å².